The molecule has 2 aromatic rings. The number of benzene rings is 1. The molecule has 0 bridgehead atoms. The number of amides is 2. The van der Waals surface area contributed by atoms with E-state index in [-0.39, 0.29) is 34.4 Å². The van der Waals surface area contributed by atoms with Gasteiger partial charge in [0.05, 0.1) is 10.6 Å². The van der Waals surface area contributed by atoms with Gasteiger partial charge >= 0.3 is 6.18 Å². The summed E-state index contributed by atoms with van der Waals surface area (Å²) in [5.41, 5.74) is -0.351. The van der Waals surface area contributed by atoms with Crippen LogP contribution in [0.4, 0.5) is 23.4 Å². The first-order valence-corrected chi connectivity index (χ1v) is 16.0. The van der Waals surface area contributed by atoms with Crippen molar-refractivity contribution >= 4 is 37.6 Å². The first-order valence-electron chi connectivity index (χ1n) is 12.7. The standard InChI is InChI=1S/C27H32ClF4N3O3Si/c1-26(2,3)39(4,5)38-20-10-17(11-20)23-25(37)35(24-21(29)12-19(28)13-33-24)15-22(36)34(23)14-16-6-8-18(9-7-16)27(30,31)32/h6-9,12-13,17,20,23H,10-11,14-15H2,1-5H3. The molecule has 12 heteroatoms. The Hall–Kier alpha value is -2.50. The minimum absolute atomic E-state index is 0.00208. The van der Waals surface area contributed by atoms with Crippen LogP contribution in [-0.4, -0.2) is 48.7 Å². The zero-order valence-electron chi connectivity index (χ0n) is 22.5. The molecule has 1 aromatic heterocycles. The summed E-state index contributed by atoms with van der Waals surface area (Å²) in [5.74, 6) is -2.32. The van der Waals surface area contributed by atoms with Crippen LogP contribution in [0.5, 0.6) is 0 Å². The van der Waals surface area contributed by atoms with Crippen molar-refractivity contribution in [2.45, 2.75) is 76.6 Å². The van der Waals surface area contributed by atoms with Gasteiger partial charge in [0.1, 0.15) is 12.6 Å². The van der Waals surface area contributed by atoms with Crippen molar-refractivity contribution in [3.05, 3.63) is 58.5 Å². The molecule has 212 valence electrons. The van der Waals surface area contributed by atoms with Crippen molar-refractivity contribution in [1.82, 2.24) is 9.88 Å². The first kappa shape index (κ1) is 29.5. The van der Waals surface area contributed by atoms with Gasteiger partial charge in [-0.15, -0.1) is 0 Å². The summed E-state index contributed by atoms with van der Waals surface area (Å²) in [5, 5.41) is 0.0508. The normalized spacial score (nSPS) is 22.8. The van der Waals surface area contributed by atoms with E-state index in [1.54, 1.807) is 0 Å². The maximum absolute atomic E-state index is 14.7. The quantitative estimate of drug-likeness (QED) is 0.289. The second-order valence-electron chi connectivity index (χ2n) is 11.8. The first-order chi connectivity index (χ1) is 18.0. The Balaban J connectivity index is 1.60. The fourth-order valence-electron chi connectivity index (χ4n) is 4.73. The highest BCUT2D eigenvalue weighted by molar-refractivity contribution is 6.74. The van der Waals surface area contributed by atoms with Crippen molar-refractivity contribution in [2.24, 2.45) is 5.92 Å². The zero-order chi connectivity index (χ0) is 28.9. The molecule has 2 amide bonds. The lowest BCUT2D eigenvalue weighted by atomic mass is 9.75. The Morgan fingerprint density at radius 2 is 1.72 bits per heavy atom. The third kappa shape index (κ3) is 6.15. The molecule has 1 aliphatic carbocycles. The number of halogens is 5. The number of alkyl halides is 3. The van der Waals surface area contributed by atoms with Gasteiger partial charge in [0.25, 0.3) is 5.91 Å². The largest absolute Gasteiger partial charge is 0.416 e. The van der Waals surface area contributed by atoms with Crippen LogP contribution in [0.3, 0.4) is 0 Å². The molecule has 1 aliphatic heterocycles. The Kier molecular flexibility index (Phi) is 7.92. The average Bonchev–Trinajstić information content (AvgIpc) is 2.78. The molecule has 1 aromatic carbocycles. The van der Waals surface area contributed by atoms with Crippen LogP contribution in [0.25, 0.3) is 0 Å². The number of piperazine rings is 1. The number of hydrogen-bond donors (Lipinski definition) is 0. The van der Waals surface area contributed by atoms with Crippen LogP contribution < -0.4 is 4.90 Å². The summed E-state index contributed by atoms with van der Waals surface area (Å²) in [6, 6.07) is 4.59. The topological polar surface area (TPSA) is 62.7 Å². The molecule has 2 fully saturated rings. The summed E-state index contributed by atoms with van der Waals surface area (Å²) < 4.78 is 60.3. The number of anilines is 1. The highest BCUT2D eigenvalue weighted by atomic mass is 35.5. The zero-order valence-corrected chi connectivity index (χ0v) is 24.2. The van der Waals surface area contributed by atoms with E-state index in [0.717, 1.165) is 23.1 Å². The second-order valence-corrected chi connectivity index (χ2v) is 17.0. The van der Waals surface area contributed by atoms with Crippen molar-refractivity contribution in [3.63, 3.8) is 0 Å². The predicted molar refractivity (Wildman–Crippen MR) is 142 cm³/mol. The third-order valence-corrected chi connectivity index (χ3v) is 12.7. The fraction of sp³-hybridized carbons (Fsp3) is 0.519. The third-order valence-electron chi connectivity index (χ3n) is 7.99. The van der Waals surface area contributed by atoms with E-state index < -0.39 is 50.3 Å². The highest BCUT2D eigenvalue weighted by Gasteiger charge is 2.51. The van der Waals surface area contributed by atoms with Gasteiger partial charge in [0.2, 0.25) is 5.91 Å². The molecule has 4 rings (SSSR count). The Labute approximate surface area is 231 Å². The maximum atomic E-state index is 14.7. The molecule has 2 aliphatic rings. The number of nitrogens with zero attached hydrogens (tertiary/aromatic N) is 3. The number of rotatable bonds is 6. The maximum Gasteiger partial charge on any atom is 0.416 e. The highest BCUT2D eigenvalue weighted by Crippen LogP contribution is 2.44. The number of aromatic nitrogens is 1. The summed E-state index contributed by atoms with van der Waals surface area (Å²) in [4.78, 5) is 33.6. The van der Waals surface area contributed by atoms with E-state index in [1.807, 2.05) is 0 Å². The average molecular weight is 586 g/mol. The number of carbonyl (C=O) groups excluding carboxylic acids is 2. The van der Waals surface area contributed by atoms with Crippen LogP contribution in [-0.2, 0) is 26.7 Å². The van der Waals surface area contributed by atoms with Gasteiger partial charge in [-0.25, -0.2) is 9.37 Å². The monoisotopic (exact) mass is 585 g/mol. The van der Waals surface area contributed by atoms with Gasteiger partial charge in [0, 0.05) is 18.8 Å². The molecular formula is C27H32ClF4N3O3Si. The molecule has 0 N–H and O–H groups in total. The molecular weight excluding hydrogens is 554 g/mol. The van der Waals surface area contributed by atoms with E-state index in [1.165, 1.54) is 23.2 Å². The molecule has 0 radical (unpaired) electrons. The SMILES string of the molecule is CC(C)(C)[Si](C)(C)OC1CC(C2C(=O)N(c3ncc(Cl)cc3F)CC(=O)N2Cc2ccc(C(F)(F)F)cc2)C1. The minimum atomic E-state index is -4.49. The van der Waals surface area contributed by atoms with Crippen LogP contribution >= 0.6 is 11.6 Å². The van der Waals surface area contributed by atoms with E-state index in [0.29, 0.717) is 18.4 Å². The van der Waals surface area contributed by atoms with E-state index >= 15 is 0 Å². The Morgan fingerprint density at radius 1 is 1.10 bits per heavy atom. The molecule has 2 heterocycles. The van der Waals surface area contributed by atoms with Crippen LogP contribution in [0.15, 0.2) is 36.5 Å². The molecule has 1 saturated carbocycles. The molecule has 1 unspecified atom stereocenters. The van der Waals surface area contributed by atoms with Crippen LogP contribution in [0.1, 0.15) is 44.7 Å². The summed E-state index contributed by atoms with van der Waals surface area (Å²) >= 11 is 5.82. The van der Waals surface area contributed by atoms with Crippen molar-refractivity contribution < 1.29 is 31.6 Å². The summed E-state index contributed by atoms with van der Waals surface area (Å²) in [6.07, 6.45) is -2.30. The van der Waals surface area contributed by atoms with Gasteiger partial charge in [-0.1, -0.05) is 44.5 Å². The summed E-state index contributed by atoms with van der Waals surface area (Å²) in [7, 11) is -2.07. The second kappa shape index (κ2) is 10.5. The number of hydrogen-bond acceptors (Lipinski definition) is 4. The molecule has 1 atom stereocenters. The van der Waals surface area contributed by atoms with Crippen molar-refractivity contribution in [1.29, 1.82) is 0 Å². The van der Waals surface area contributed by atoms with E-state index in [4.69, 9.17) is 16.0 Å². The van der Waals surface area contributed by atoms with Crippen LogP contribution in [0.2, 0.25) is 23.2 Å². The van der Waals surface area contributed by atoms with Crippen molar-refractivity contribution in [2.75, 3.05) is 11.4 Å². The van der Waals surface area contributed by atoms with Gasteiger partial charge in [-0.3, -0.25) is 14.5 Å². The smallest absolute Gasteiger partial charge is 0.414 e. The predicted octanol–water partition coefficient (Wildman–Crippen LogP) is 6.44. The Bertz CT molecular complexity index is 1240. The number of carbonyl (C=O) groups is 2. The van der Waals surface area contributed by atoms with E-state index in [2.05, 4.69) is 38.8 Å². The fourth-order valence-corrected chi connectivity index (χ4v) is 6.25. The van der Waals surface area contributed by atoms with Gasteiger partial charge < -0.3 is 9.33 Å². The molecule has 6 nitrogen and oxygen atoms in total. The lowest BCUT2D eigenvalue weighted by molar-refractivity contribution is -0.149. The Morgan fingerprint density at radius 3 is 2.26 bits per heavy atom. The summed E-state index contributed by atoms with van der Waals surface area (Å²) in [6.45, 7) is 10.2. The van der Waals surface area contributed by atoms with E-state index in [9.17, 15) is 27.2 Å². The lowest BCUT2D eigenvalue weighted by Gasteiger charge is -2.50. The number of pyridine rings is 1. The molecule has 39 heavy (non-hydrogen) atoms. The van der Waals surface area contributed by atoms with Crippen LogP contribution in [0, 0.1) is 11.7 Å². The minimum Gasteiger partial charge on any atom is -0.414 e. The molecule has 1 saturated heterocycles. The molecule has 0 spiro atoms. The lowest BCUT2D eigenvalue weighted by Crippen LogP contribution is -2.65. The van der Waals surface area contributed by atoms with Crippen molar-refractivity contribution in [3.8, 4) is 0 Å². The van der Waals surface area contributed by atoms with Gasteiger partial charge in [0.15, 0.2) is 20.0 Å². The van der Waals surface area contributed by atoms with Gasteiger partial charge in [-0.2, -0.15) is 13.2 Å². The van der Waals surface area contributed by atoms with Gasteiger partial charge in [-0.05, 0) is 60.7 Å².